The van der Waals surface area contributed by atoms with Crippen LogP contribution < -0.4 is 10.6 Å². The van der Waals surface area contributed by atoms with Gasteiger partial charge in [-0.05, 0) is 36.1 Å². The fourth-order valence-electron chi connectivity index (χ4n) is 2.85. The molecule has 1 aliphatic rings. The summed E-state index contributed by atoms with van der Waals surface area (Å²) in [6, 6.07) is 16.3. The second-order valence-corrected chi connectivity index (χ2v) is 5.49. The van der Waals surface area contributed by atoms with Crippen LogP contribution in [-0.4, -0.2) is 19.0 Å². The number of hydrogen-bond donors (Lipinski definition) is 2. The minimum Gasteiger partial charge on any atom is -0.384 e. The van der Waals surface area contributed by atoms with Crippen molar-refractivity contribution in [3.63, 3.8) is 0 Å². The lowest BCUT2D eigenvalue weighted by Gasteiger charge is -2.12. The lowest BCUT2D eigenvalue weighted by atomic mass is 10.0. The third-order valence-corrected chi connectivity index (χ3v) is 4.10. The SMILES string of the molecule is Cc1ccccc1CCNC(=O)C1CNc2ccccc21. The first kappa shape index (κ1) is 13.7. The molecule has 2 aromatic rings. The number of anilines is 1. The Morgan fingerprint density at radius 1 is 1.19 bits per heavy atom. The van der Waals surface area contributed by atoms with E-state index in [0.717, 1.165) is 17.7 Å². The molecule has 1 atom stereocenters. The molecule has 0 saturated heterocycles. The van der Waals surface area contributed by atoms with Gasteiger partial charge in [0.2, 0.25) is 5.91 Å². The van der Waals surface area contributed by atoms with Gasteiger partial charge in [-0.15, -0.1) is 0 Å². The molecule has 1 amide bonds. The maximum absolute atomic E-state index is 12.3. The smallest absolute Gasteiger partial charge is 0.229 e. The van der Waals surface area contributed by atoms with Crippen LogP contribution in [0.1, 0.15) is 22.6 Å². The summed E-state index contributed by atoms with van der Waals surface area (Å²) in [6.07, 6.45) is 0.875. The van der Waals surface area contributed by atoms with Crippen LogP contribution in [0.15, 0.2) is 48.5 Å². The molecule has 0 radical (unpaired) electrons. The van der Waals surface area contributed by atoms with Crippen LogP contribution in [0.3, 0.4) is 0 Å². The number of carbonyl (C=O) groups excluding carboxylic acids is 1. The van der Waals surface area contributed by atoms with E-state index in [0.29, 0.717) is 13.1 Å². The first-order chi connectivity index (χ1) is 10.3. The van der Waals surface area contributed by atoms with Gasteiger partial charge in [-0.3, -0.25) is 4.79 Å². The minimum atomic E-state index is -0.0712. The first-order valence-corrected chi connectivity index (χ1v) is 7.41. The normalized spacial score (nSPS) is 16.1. The molecular formula is C18H20N2O. The van der Waals surface area contributed by atoms with Gasteiger partial charge >= 0.3 is 0 Å². The first-order valence-electron chi connectivity index (χ1n) is 7.41. The zero-order valence-electron chi connectivity index (χ0n) is 12.2. The van der Waals surface area contributed by atoms with Crippen LogP contribution in [0.2, 0.25) is 0 Å². The molecule has 1 heterocycles. The van der Waals surface area contributed by atoms with Crippen LogP contribution in [0, 0.1) is 6.92 Å². The Morgan fingerprint density at radius 3 is 2.81 bits per heavy atom. The van der Waals surface area contributed by atoms with Crippen molar-refractivity contribution in [2.75, 3.05) is 18.4 Å². The molecule has 2 N–H and O–H groups in total. The highest BCUT2D eigenvalue weighted by Crippen LogP contribution is 2.30. The molecule has 0 bridgehead atoms. The quantitative estimate of drug-likeness (QED) is 0.904. The molecule has 2 aromatic carbocycles. The van der Waals surface area contributed by atoms with E-state index in [4.69, 9.17) is 0 Å². The highest BCUT2D eigenvalue weighted by atomic mass is 16.1. The molecule has 3 heteroatoms. The van der Waals surface area contributed by atoms with E-state index >= 15 is 0 Å². The standard InChI is InChI=1S/C18H20N2O/c1-13-6-2-3-7-14(13)10-11-19-18(21)16-12-20-17-9-5-4-8-15(16)17/h2-9,16,20H,10-12H2,1H3,(H,19,21). The van der Waals surface area contributed by atoms with E-state index in [1.807, 2.05) is 36.4 Å². The maximum atomic E-state index is 12.3. The van der Waals surface area contributed by atoms with Gasteiger partial charge in [0, 0.05) is 18.8 Å². The van der Waals surface area contributed by atoms with Crippen molar-refractivity contribution in [1.29, 1.82) is 0 Å². The maximum Gasteiger partial charge on any atom is 0.229 e. The van der Waals surface area contributed by atoms with Crippen LogP contribution in [0.25, 0.3) is 0 Å². The van der Waals surface area contributed by atoms with E-state index in [1.54, 1.807) is 0 Å². The van der Waals surface area contributed by atoms with Gasteiger partial charge in [-0.2, -0.15) is 0 Å². The molecular weight excluding hydrogens is 260 g/mol. The van der Waals surface area contributed by atoms with Gasteiger partial charge in [-0.1, -0.05) is 42.5 Å². The number of carbonyl (C=O) groups is 1. The Balaban J connectivity index is 1.57. The molecule has 0 spiro atoms. The molecule has 21 heavy (non-hydrogen) atoms. The van der Waals surface area contributed by atoms with Gasteiger partial charge < -0.3 is 10.6 Å². The fraction of sp³-hybridized carbons (Fsp3) is 0.278. The molecule has 108 valence electrons. The predicted octanol–water partition coefficient (Wildman–Crippen LogP) is 2.86. The number of nitrogens with one attached hydrogen (secondary N) is 2. The predicted molar refractivity (Wildman–Crippen MR) is 85.6 cm³/mol. The zero-order valence-corrected chi connectivity index (χ0v) is 12.2. The van der Waals surface area contributed by atoms with Crippen molar-refractivity contribution in [3.05, 3.63) is 65.2 Å². The molecule has 3 rings (SSSR count). The van der Waals surface area contributed by atoms with E-state index < -0.39 is 0 Å². The Hall–Kier alpha value is -2.29. The Morgan fingerprint density at radius 2 is 1.95 bits per heavy atom. The second-order valence-electron chi connectivity index (χ2n) is 5.49. The summed E-state index contributed by atoms with van der Waals surface area (Å²) in [5.74, 6) is 0.0408. The summed E-state index contributed by atoms with van der Waals surface area (Å²) >= 11 is 0. The van der Waals surface area contributed by atoms with Crippen molar-refractivity contribution in [2.24, 2.45) is 0 Å². The van der Waals surface area contributed by atoms with E-state index in [2.05, 4.69) is 29.7 Å². The van der Waals surface area contributed by atoms with Crippen molar-refractivity contribution in [3.8, 4) is 0 Å². The monoisotopic (exact) mass is 280 g/mol. The van der Waals surface area contributed by atoms with Crippen LogP contribution in [0.5, 0.6) is 0 Å². The fourth-order valence-corrected chi connectivity index (χ4v) is 2.85. The summed E-state index contributed by atoms with van der Waals surface area (Å²) in [4.78, 5) is 12.3. The van der Waals surface area contributed by atoms with Gasteiger partial charge in [-0.25, -0.2) is 0 Å². The Bertz CT molecular complexity index is 651. The number of aryl methyl sites for hydroxylation is 1. The Labute approximate surface area is 125 Å². The van der Waals surface area contributed by atoms with Gasteiger partial charge in [0.1, 0.15) is 0 Å². The van der Waals surface area contributed by atoms with Gasteiger partial charge in [0.25, 0.3) is 0 Å². The molecule has 3 nitrogen and oxygen atoms in total. The van der Waals surface area contributed by atoms with E-state index in [1.165, 1.54) is 11.1 Å². The number of benzene rings is 2. The molecule has 1 aliphatic heterocycles. The largest absolute Gasteiger partial charge is 0.384 e. The highest BCUT2D eigenvalue weighted by molar-refractivity contribution is 5.88. The van der Waals surface area contributed by atoms with Crippen LogP contribution in [0.4, 0.5) is 5.69 Å². The van der Waals surface area contributed by atoms with E-state index in [9.17, 15) is 4.79 Å². The number of rotatable bonds is 4. The number of para-hydroxylation sites is 1. The lowest BCUT2D eigenvalue weighted by Crippen LogP contribution is -2.32. The number of fused-ring (bicyclic) bond motifs is 1. The van der Waals surface area contributed by atoms with Gasteiger partial charge in [0.05, 0.1) is 5.92 Å². The number of hydrogen-bond acceptors (Lipinski definition) is 2. The van der Waals surface area contributed by atoms with Crippen LogP contribution >= 0.6 is 0 Å². The summed E-state index contributed by atoms with van der Waals surface area (Å²) < 4.78 is 0. The highest BCUT2D eigenvalue weighted by Gasteiger charge is 2.27. The lowest BCUT2D eigenvalue weighted by molar-refractivity contribution is -0.122. The second kappa shape index (κ2) is 6.00. The van der Waals surface area contributed by atoms with Crippen molar-refractivity contribution in [2.45, 2.75) is 19.3 Å². The summed E-state index contributed by atoms with van der Waals surface area (Å²) in [6.45, 7) is 3.48. The average molecular weight is 280 g/mol. The van der Waals surface area contributed by atoms with Crippen molar-refractivity contribution in [1.82, 2.24) is 5.32 Å². The topological polar surface area (TPSA) is 41.1 Å². The zero-order chi connectivity index (χ0) is 14.7. The van der Waals surface area contributed by atoms with Gasteiger partial charge in [0.15, 0.2) is 0 Å². The molecule has 0 aromatic heterocycles. The van der Waals surface area contributed by atoms with Crippen molar-refractivity contribution >= 4 is 11.6 Å². The van der Waals surface area contributed by atoms with Crippen molar-refractivity contribution < 1.29 is 4.79 Å². The molecule has 0 saturated carbocycles. The summed E-state index contributed by atoms with van der Waals surface area (Å²) in [5, 5.41) is 6.35. The third kappa shape index (κ3) is 2.92. The molecule has 0 fully saturated rings. The third-order valence-electron chi connectivity index (χ3n) is 4.10. The number of amides is 1. The molecule has 1 unspecified atom stereocenters. The van der Waals surface area contributed by atoms with E-state index in [-0.39, 0.29) is 11.8 Å². The summed E-state index contributed by atoms with van der Waals surface area (Å²) in [7, 11) is 0. The minimum absolute atomic E-state index is 0.0712. The Kier molecular flexibility index (Phi) is 3.91. The molecule has 0 aliphatic carbocycles. The average Bonchev–Trinajstić information content (AvgIpc) is 2.93. The summed E-state index contributed by atoms with van der Waals surface area (Å²) in [5.41, 5.74) is 4.75. The van der Waals surface area contributed by atoms with Crippen LogP contribution in [-0.2, 0) is 11.2 Å².